The molecular weight excluding hydrogens is 270 g/mol. The number of nitrogens with zero attached hydrogens (tertiary/aromatic N) is 3. The fraction of sp³-hybridized carbons (Fsp3) is 0.133. The second kappa shape index (κ2) is 4.90. The highest BCUT2D eigenvalue weighted by Gasteiger charge is 2.13. The number of aryl methyl sites for hydroxylation is 1. The highest BCUT2D eigenvalue weighted by molar-refractivity contribution is 5.92. The van der Waals surface area contributed by atoms with Crippen molar-refractivity contribution in [3.05, 3.63) is 47.5 Å². The van der Waals surface area contributed by atoms with Gasteiger partial charge in [-0.2, -0.15) is 0 Å². The van der Waals surface area contributed by atoms with Gasteiger partial charge in [-0.3, -0.25) is 0 Å². The molecule has 3 aromatic rings. The van der Waals surface area contributed by atoms with Crippen LogP contribution in [0.15, 0.2) is 36.4 Å². The Morgan fingerprint density at radius 3 is 2.76 bits per heavy atom. The summed E-state index contributed by atoms with van der Waals surface area (Å²) in [5.41, 5.74) is 3.27. The van der Waals surface area contributed by atoms with Gasteiger partial charge in [-0.1, -0.05) is 11.3 Å². The van der Waals surface area contributed by atoms with E-state index in [0.29, 0.717) is 11.3 Å². The van der Waals surface area contributed by atoms with Crippen molar-refractivity contribution in [1.82, 2.24) is 15.0 Å². The van der Waals surface area contributed by atoms with E-state index in [1.807, 2.05) is 25.1 Å². The van der Waals surface area contributed by atoms with Crippen molar-refractivity contribution in [3.63, 3.8) is 0 Å². The van der Waals surface area contributed by atoms with Crippen molar-refractivity contribution in [2.75, 3.05) is 7.11 Å². The number of carboxylic acids is 1. The van der Waals surface area contributed by atoms with Gasteiger partial charge in [-0.15, -0.1) is 5.10 Å². The predicted molar refractivity (Wildman–Crippen MR) is 77.1 cm³/mol. The molecule has 2 aromatic carbocycles. The molecule has 3 rings (SSSR count). The molecule has 0 aliphatic heterocycles. The number of hydrogen-bond donors (Lipinski definition) is 1. The number of fused-ring (bicyclic) bond motifs is 1. The SMILES string of the molecule is COc1ccc(C)cc1-n1nnc2cc(C(=O)O)ccc21. The summed E-state index contributed by atoms with van der Waals surface area (Å²) in [7, 11) is 1.59. The first-order chi connectivity index (χ1) is 10.1. The summed E-state index contributed by atoms with van der Waals surface area (Å²) in [6.45, 7) is 1.98. The zero-order valence-electron chi connectivity index (χ0n) is 11.6. The lowest BCUT2D eigenvalue weighted by Crippen LogP contribution is -2.01. The molecule has 1 N–H and O–H groups in total. The predicted octanol–water partition coefficient (Wildman–Crippen LogP) is 2.44. The maximum atomic E-state index is 11.0. The van der Waals surface area contributed by atoms with Crippen LogP contribution < -0.4 is 4.74 Å². The Morgan fingerprint density at radius 2 is 2.05 bits per heavy atom. The lowest BCUT2D eigenvalue weighted by molar-refractivity contribution is 0.0697. The number of rotatable bonds is 3. The van der Waals surface area contributed by atoms with Crippen LogP contribution in [-0.4, -0.2) is 33.2 Å². The average molecular weight is 283 g/mol. The molecular formula is C15H13N3O3. The second-order valence-electron chi connectivity index (χ2n) is 4.69. The van der Waals surface area contributed by atoms with Gasteiger partial charge >= 0.3 is 5.97 Å². The van der Waals surface area contributed by atoms with Crippen molar-refractivity contribution >= 4 is 17.0 Å². The minimum absolute atomic E-state index is 0.186. The summed E-state index contributed by atoms with van der Waals surface area (Å²) >= 11 is 0. The first kappa shape index (κ1) is 13.1. The minimum Gasteiger partial charge on any atom is -0.494 e. The number of carbonyl (C=O) groups is 1. The molecule has 0 saturated heterocycles. The first-order valence-corrected chi connectivity index (χ1v) is 6.34. The molecule has 0 unspecified atom stereocenters. The molecule has 21 heavy (non-hydrogen) atoms. The fourth-order valence-electron chi connectivity index (χ4n) is 2.20. The maximum absolute atomic E-state index is 11.0. The van der Waals surface area contributed by atoms with Crippen LogP contribution in [0.3, 0.4) is 0 Å². The van der Waals surface area contributed by atoms with E-state index in [1.54, 1.807) is 17.9 Å². The zero-order valence-corrected chi connectivity index (χ0v) is 11.6. The van der Waals surface area contributed by atoms with E-state index >= 15 is 0 Å². The number of methoxy groups -OCH3 is 1. The monoisotopic (exact) mass is 283 g/mol. The number of hydrogen-bond acceptors (Lipinski definition) is 4. The van der Waals surface area contributed by atoms with Gasteiger partial charge in [0, 0.05) is 0 Å². The molecule has 0 aliphatic rings. The van der Waals surface area contributed by atoms with E-state index in [0.717, 1.165) is 16.8 Å². The molecule has 0 spiro atoms. The first-order valence-electron chi connectivity index (χ1n) is 6.34. The van der Waals surface area contributed by atoms with Gasteiger partial charge in [-0.25, -0.2) is 9.48 Å². The highest BCUT2D eigenvalue weighted by Crippen LogP contribution is 2.26. The lowest BCUT2D eigenvalue weighted by atomic mass is 10.2. The molecule has 0 aliphatic carbocycles. The van der Waals surface area contributed by atoms with E-state index in [-0.39, 0.29) is 5.56 Å². The van der Waals surface area contributed by atoms with Gasteiger partial charge in [0.25, 0.3) is 0 Å². The largest absolute Gasteiger partial charge is 0.494 e. The Bertz CT molecular complexity index is 839. The lowest BCUT2D eigenvalue weighted by Gasteiger charge is -2.09. The summed E-state index contributed by atoms with van der Waals surface area (Å²) in [6, 6.07) is 10.5. The van der Waals surface area contributed by atoms with Gasteiger partial charge in [0.1, 0.15) is 17.0 Å². The van der Waals surface area contributed by atoms with Gasteiger partial charge < -0.3 is 9.84 Å². The summed E-state index contributed by atoms with van der Waals surface area (Å²) in [5.74, 6) is -0.311. The molecule has 0 fully saturated rings. The topological polar surface area (TPSA) is 77.2 Å². The third-order valence-electron chi connectivity index (χ3n) is 3.25. The highest BCUT2D eigenvalue weighted by atomic mass is 16.5. The van der Waals surface area contributed by atoms with Gasteiger partial charge in [0.2, 0.25) is 0 Å². The zero-order chi connectivity index (χ0) is 15.0. The van der Waals surface area contributed by atoms with Crippen LogP contribution >= 0.6 is 0 Å². The van der Waals surface area contributed by atoms with E-state index in [1.165, 1.54) is 12.1 Å². The third kappa shape index (κ3) is 2.20. The number of benzene rings is 2. The number of aromatic carboxylic acids is 1. The Kier molecular flexibility index (Phi) is 3.06. The van der Waals surface area contributed by atoms with Crippen LogP contribution in [0.2, 0.25) is 0 Å². The standard InChI is InChI=1S/C15H13N3O3/c1-9-3-6-14(21-2)13(7-9)18-12-5-4-10(15(19)20)8-11(12)16-17-18/h3-8H,1-2H3,(H,19,20). The summed E-state index contributed by atoms with van der Waals surface area (Å²) < 4.78 is 7.00. The summed E-state index contributed by atoms with van der Waals surface area (Å²) in [4.78, 5) is 11.0. The van der Waals surface area contributed by atoms with Crippen LogP contribution in [0.4, 0.5) is 0 Å². The Hall–Kier alpha value is -2.89. The van der Waals surface area contributed by atoms with E-state index in [2.05, 4.69) is 10.3 Å². The summed E-state index contributed by atoms with van der Waals surface area (Å²) in [5, 5.41) is 17.2. The smallest absolute Gasteiger partial charge is 0.335 e. The van der Waals surface area contributed by atoms with E-state index in [9.17, 15) is 4.79 Å². The van der Waals surface area contributed by atoms with E-state index in [4.69, 9.17) is 9.84 Å². The van der Waals surface area contributed by atoms with Crippen LogP contribution in [0.5, 0.6) is 5.75 Å². The van der Waals surface area contributed by atoms with Crippen molar-refractivity contribution in [3.8, 4) is 11.4 Å². The van der Waals surface area contributed by atoms with Gasteiger partial charge in [-0.05, 0) is 42.8 Å². The Labute approximate surface area is 120 Å². The summed E-state index contributed by atoms with van der Waals surface area (Å²) in [6.07, 6.45) is 0. The van der Waals surface area contributed by atoms with Gasteiger partial charge in [0.15, 0.2) is 0 Å². The molecule has 6 nitrogen and oxygen atoms in total. The molecule has 1 heterocycles. The average Bonchev–Trinajstić information content (AvgIpc) is 2.89. The second-order valence-corrected chi connectivity index (χ2v) is 4.69. The molecule has 6 heteroatoms. The van der Waals surface area contributed by atoms with Crippen LogP contribution in [0.1, 0.15) is 15.9 Å². The van der Waals surface area contributed by atoms with Crippen molar-refractivity contribution in [1.29, 1.82) is 0 Å². The number of carboxylic acid groups (broad SMARTS) is 1. The van der Waals surface area contributed by atoms with Crippen molar-refractivity contribution in [2.24, 2.45) is 0 Å². The maximum Gasteiger partial charge on any atom is 0.335 e. The normalized spacial score (nSPS) is 10.8. The molecule has 1 aromatic heterocycles. The van der Waals surface area contributed by atoms with Gasteiger partial charge in [0.05, 0.1) is 18.2 Å². The molecule has 0 bridgehead atoms. The van der Waals surface area contributed by atoms with E-state index < -0.39 is 5.97 Å². The molecule has 106 valence electrons. The molecule has 0 atom stereocenters. The molecule has 0 saturated carbocycles. The number of ether oxygens (including phenoxy) is 1. The minimum atomic E-state index is -0.986. The number of aromatic nitrogens is 3. The van der Waals surface area contributed by atoms with Crippen LogP contribution in [0.25, 0.3) is 16.7 Å². The van der Waals surface area contributed by atoms with Crippen molar-refractivity contribution < 1.29 is 14.6 Å². The molecule has 0 radical (unpaired) electrons. The Morgan fingerprint density at radius 1 is 1.24 bits per heavy atom. The quantitative estimate of drug-likeness (QED) is 0.798. The van der Waals surface area contributed by atoms with Crippen molar-refractivity contribution in [2.45, 2.75) is 6.92 Å². The van der Waals surface area contributed by atoms with Crippen LogP contribution in [-0.2, 0) is 0 Å². The Balaban J connectivity index is 2.22. The molecule has 0 amide bonds. The van der Waals surface area contributed by atoms with Crippen LogP contribution in [0, 0.1) is 6.92 Å². The fourth-order valence-corrected chi connectivity index (χ4v) is 2.20. The third-order valence-corrected chi connectivity index (χ3v) is 3.25.